The Morgan fingerprint density at radius 2 is 2.08 bits per heavy atom. The minimum atomic E-state index is -0.177. The number of thioether (sulfide) groups is 2. The van der Waals surface area contributed by atoms with Gasteiger partial charge in [0.2, 0.25) is 5.91 Å². The summed E-state index contributed by atoms with van der Waals surface area (Å²) < 4.78 is 0. The second-order valence-corrected chi connectivity index (χ2v) is 7.29. The zero-order valence-corrected chi connectivity index (χ0v) is 15.2. The van der Waals surface area contributed by atoms with Gasteiger partial charge in [-0.15, -0.1) is 0 Å². The van der Waals surface area contributed by atoms with Gasteiger partial charge in [0.1, 0.15) is 0 Å². The number of carbonyl (C=O) groups is 1. The number of benzene rings is 1. The van der Waals surface area contributed by atoms with E-state index in [-0.39, 0.29) is 17.2 Å². The van der Waals surface area contributed by atoms with Crippen LogP contribution >= 0.6 is 23.5 Å². The fourth-order valence-corrected chi connectivity index (χ4v) is 3.29. The van der Waals surface area contributed by atoms with E-state index in [1.54, 1.807) is 11.8 Å². The molecule has 24 heavy (non-hydrogen) atoms. The molecule has 0 aliphatic carbocycles. The van der Waals surface area contributed by atoms with E-state index < -0.39 is 0 Å². The van der Waals surface area contributed by atoms with Crippen molar-refractivity contribution in [1.29, 1.82) is 0 Å². The summed E-state index contributed by atoms with van der Waals surface area (Å²) in [4.78, 5) is 30.6. The van der Waals surface area contributed by atoms with E-state index in [9.17, 15) is 9.59 Å². The number of aromatic amines is 1. The largest absolute Gasteiger partial charge is 0.355 e. The molecule has 0 saturated carbocycles. The second kappa shape index (κ2) is 10.2. The molecule has 0 radical (unpaired) electrons. The van der Waals surface area contributed by atoms with E-state index in [2.05, 4.69) is 22.2 Å². The van der Waals surface area contributed by atoms with Crippen molar-refractivity contribution in [3.63, 3.8) is 0 Å². The number of rotatable bonds is 9. The third kappa shape index (κ3) is 6.80. The second-order valence-electron chi connectivity index (χ2n) is 5.05. The monoisotopic (exact) mass is 363 g/mol. The molecule has 0 saturated heterocycles. The summed E-state index contributed by atoms with van der Waals surface area (Å²) >= 11 is 2.96. The van der Waals surface area contributed by atoms with Gasteiger partial charge in [-0.3, -0.25) is 9.59 Å². The summed E-state index contributed by atoms with van der Waals surface area (Å²) in [7, 11) is 0. The van der Waals surface area contributed by atoms with Crippen LogP contribution in [0.3, 0.4) is 0 Å². The van der Waals surface area contributed by atoms with Crippen LogP contribution in [0.4, 0.5) is 0 Å². The molecule has 2 aromatic rings. The lowest BCUT2D eigenvalue weighted by atomic mass is 10.1. The molecule has 1 aromatic carbocycles. The third-order valence-corrected chi connectivity index (χ3v) is 4.93. The first-order chi connectivity index (χ1) is 11.7. The zero-order chi connectivity index (χ0) is 17.2. The molecule has 0 aliphatic rings. The first kappa shape index (κ1) is 18.6. The molecule has 7 heteroatoms. The van der Waals surface area contributed by atoms with Crippen molar-refractivity contribution in [2.75, 3.05) is 18.1 Å². The summed E-state index contributed by atoms with van der Waals surface area (Å²) in [6, 6.07) is 11.5. The number of amides is 1. The minimum absolute atomic E-state index is 0.0630. The van der Waals surface area contributed by atoms with Crippen molar-refractivity contribution in [2.24, 2.45) is 0 Å². The van der Waals surface area contributed by atoms with Crippen LogP contribution in [0, 0.1) is 0 Å². The molecule has 0 aliphatic heterocycles. The van der Waals surface area contributed by atoms with E-state index in [1.165, 1.54) is 23.4 Å². The number of carbonyl (C=O) groups excluding carboxylic acids is 1. The Balaban J connectivity index is 1.76. The fraction of sp³-hybridized carbons (Fsp3) is 0.353. The molecular weight excluding hydrogens is 342 g/mol. The van der Waals surface area contributed by atoms with Crippen LogP contribution in [0.15, 0.2) is 46.3 Å². The molecule has 2 N–H and O–H groups in total. The van der Waals surface area contributed by atoms with E-state index in [4.69, 9.17) is 0 Å². The Morgan fingerprint density at radius 3 is 2.83 bits per heavy atom. The van der Waals surface area contributed by atoms with Crippen LogP contribution in [0.5, 0.6) is 0 Å². The van der Waals surface area contributed by atoms with Gasteiger partial charge in [-0.2, -0.15) is 11.8 Å². The Bertz CT molecular complexity index is 704. The van der Waals surface area contributed by atoms with Crippen molar-refractivity contribution in [2.45, 2.75) is 24.3 Å². The van der Waals surface area contributed by atoms with Crippen LogP contribution in [0.2, 0.25) is 0 Å². The highest BCUT2D eigenvalue weighted by molar-refractivity contribution is 7.99. The van der Waals surface area contributed by atoms with Crippen molar-refractivity contribution in [3.8, 4) is 0 Å². The molecule has 1 amide bonds. The average molecular weight is 364 g/mol. The lowest BCUT2D eigenvalue weighted by Crippen LogP contribution is -2.27. The highest BCUT2D eigenvalue weighted by atomic mass is 32.2. The molecular formula is C17H21N3O2S2. The minimum Gasteiger partial charge on any atom is -0.355 e. The van der Waals surface area contributed by atoms with E-state index >= 15 is 0 Å². The lowest BCUT2D eigenvalue weighted by Gasteiger charge is -2.06. The average Bonchev–Trinajstić information content (AvgIpc) is 2.59. The van der Waals surface area contributed by atoms with Crippen molar-refractivity contribution in [1.82, 2.24) is 15.3 Å². The molecule has 0 atom stereocenters. The van der Waals surface area contributed by atoms with Crippen LogP contribution in [0.1, 0.15) is 18.2 Å². The number of aromatic nitrogens is 2. The number of hydrogen-bond acceptors (Lipinski definition) is 5. The van der Waals surface area contributed by atoms with Gasteiger partial charge in [0.25, 0.3) is 5.56 Å². The maximum atomic E-state index is 11.9. The SMILES string of the molecule is CCSCc1cc(=O)[nH]c(SCC(=O)NCCc2ccccc2)n1. The van der Waals surface area contributed by atoms with E-state index in [0.717, 1.165) is 17.9 Å². The molecule has 128 valence electrons. The summed E-state index contributed by atoms with van der Waals surface area (Å²) in [5.41, 5.74) is 1.76. The van der Waals surface area contributed by atoms with Gasteiger partial charge in [0.15, 0.2) is 5.16 Å². The molecule has 0 unspecified atom stereocenters. The predicted octanol–water partition coefficient (Wildman–Crippen LogP) is 2.47. The quantitative estimate of drug-likeness (QED) is 0.529. The highest BCUT2D eigenvalue weighted by Gasteiger charge is 2.06. The van der Waals surface area contributed by atoms with Crippen LogP contribution in [-0.4, -0.2) is 33.9 Å². The smallest absolute Gasteiger partial charge is 0.251 e. The van der Waals surface area contributed by atoms with E-state index in [1.807, 2.05) is 30.3 Å². The summed E-state index contributed by atoms with van der Waals surface area (Å²) in [6.45, 7) is 2.66. The number of hydrogen-bond donors (Lipinski definition) is 2. The number of nitrogens with zero attached hydrogens (tertiary/aromatic N) is 1. The Labute approximate surface area is 150 Å². The van der Waals surface area contributed by atoms with Gasteiger partial charge in [0, 0.05) is 18.4 Å². The summed E-state index contributed by atoms with van der Waals surface area (Å²) in [6.07, 6.45) is 0.802. The first-order valence-corrected chi connectivity index (χ1v) is 9.93. The molecule has 1 aromatic heterocycles. The predicted molar refractivity (Wildman–Crippen MR) is 101 cm³/mol. The van der Waals surface area contributed by atoms with Gasteiger partial charge >= 0.3 is 0 Å². The molecule has 0 fully saturated rings. The zero-order valence-electron chi connectivity index (χ0n) is 13.6. The number of H-pyrrole nitrogens is 1. The van der Waals surface area contributed by atoms with Crippen molar-refractivity contribution in [3.05, 3.63) is 58.0 Å². The molecule has 0 bridgehead atoms. The fourth-order valence-electron chi connectivity index (χ4n) is 2.01. The molecule has 2 rings (SSSR count). The normalized spacial score (nSPS) is 10.5. The highest BCUT2D eigenvalue weighted by Crippen LogP contribution is 2.13. The van der Waals surface area contributed by atoms with Gasteiger partial charge in [0.05, 0.1) is 11.4 Å². The maximum absolute atomic E-state index is 11.9. The van der Waals surface area contributed by atoms with Crippen LogP contribution in [0.25, 0.3) is 0 Å². The van der Waals surface area contributed by atoms with Gasteiger partial charge in [-0.1, -0.05) is 49.0 Å². The summed E-state index contributed by atoms with van der Waals surface area (Å²) in [5.74, 6) is 1.85. The topological polar surface area (TPSA) is 74.8 Å². The Kier molecular flexibility index (Phi) is 7.91. The Morgan fingerprint density at radius 1 is 1.29 bits per heavy atom. The molecule has 0 spiro atoms. The number of nitrogens with one attached hydrogen (secondary N) is 2. The van der Waals surface area contributed by atoms with Crippen LogP contribution < -0.4 is 10.9 Å². The van der Waals surface area contributed by atoms with Crippen LogP contribution in [-0.2, 0) is 17.0 Å². The van der Waals surface area contributed by atoms with Gasteiger partial charge in [-0.05, 0) is 17.7 Å². The summed E-state index contributed by atoms with van der Waals surface area (Å²) in [5, 5.41) is 3.37. The van der Waals surface area contributed by atoms with Crippen molar-refractivity contribution >= 4 is 29.4 Å². The lowest BCUT2D eigenvalue weighted by molar-refractivity contribution is -0.118. The van der Waals surface area contributed by atoms with E-state index in [0.29, 0.717) is 17.5 Å². The third-order valence-electron chi connectivity index (χ3n) is 3.15. The standard InChI is InChI=1S/C17H21N3O2S2/c1-2-23-11-14-10-15(21)20-17(19-14)24-12-16(22)18-9-8-13-6-4-3-5-7-13/h3-7,10H,2,8-9,11-12H2,1H3,(H,18,22)(H,19,20,21). The molecule has 5 nitrogen and oxygen atoms in total. The van der Waals surface area contributed by atoms with Gasteiger partial charge in [-0.25, -0.2) is 4.98 Å². The first-order valence-electron chi connectivity index (χ1n) is 7.78. The van der Waals surface area contributed by atoms with Gasteiger partial charge < -0.3 is 10.3 Å². The maximum Gasteiger partial charge on any atom is 0.251 e. The van der Waals surface area contributed by atoms with Crippen molar-refractivity contribution < 1.29 is 4.79 Å². The Hall–Kier alpha value is -1.73. The molecule has 1 heterocycles.